The van der Waals surface area contributed by atoms with Gasteiger partial charge in [0.1, 0.15) is 6.10 Å². The van der Waals surface area contributed by atoms with E-state index in [4.69, 9.17) is 9.47 Å². The first-order valence-corrected chi connectivity index (χ1v) is 3.90. The van der Waals surface area contributed by atoms with Gasteiger partial charge in [-0.2, -0.15) is 0 Å². The number of rotatable bonds is 5. The van der Waals surface area contributed by atoms with E-state index in [-0.39, 0.29) is 0 Å². The van der Waals surface area contributed by atoms with Crippen LogP contribution in [0.4, 0.5) is 0 Å². The van der Waals surface area contributed by atoms with Crippen LogP contribution in [0.5, 0.6) is 0 Å². The van der Waals surface area contributed by atoms with Crippen molar-refractivity contribution in [3.05, 3.63) is 24.3 Å². The lowest BCUT2D eigenvalue weighted by Crippen LogP contribution is -2.00. The van der Waals surface area contributed by atoms with Gasteiger partial charge in [0, 0.05) is 0 Å². The van der Waals surface area contributed by atoms with Crippen LogP contribution in [-0.4, -0.2) is 25.9 Å². The van der Waals surface area contributed by atoms with Crippen LogP contribution in [0, 0.1) is 0 Å². The minimum absolute atomic E-state index is 0.380. The van der Waals surface area contributed by atoms with E-state index in [1.165, 1.54) is 0 Å². The van der Waals surface area contributed by atoms with Gasteiger partial charge in [0.05, 0.1) is 19.8 Å². The quantitative estimate of drug-likeness (QED) is 0.340. The Morgan fingerprint density at radius 3 is 3.00 bits per heavy atom. The fourth-order valence-electron chi connectivity index (χ4n) is 0.677. The zero-order chi connectivity index (χ0) is 7.94. The first kappa shape index (κ1) is 8.50. The van der Waals surface area contributed by atoms with Crippen LogP contribution in [0.3, 0.4) is 0 Å². The average Bonchev–Trinajstić information content (AvgIpc) is 2.80. The zero-order valence-electron chi connectivity index (χ0n) is 6.82. The van der Waals surface area contributed by atoms with Crippen molar-refractivity contribution >= 4 is 0 Å². The summed E-state index contributed by atoms with van der Waals surface area (Å²) in [5.41, 5.74) is 0. The maximum Gasteiger partial charge on any atom is 0.104 e. The van der Waals surface area contributed by atoms with Crippen molar-refractivity contribution in [2.45, 2.75) is 13.0 Å². The molecule has 2 nitrogen and oxygen atoms in total. The second kappa shape index (κ2) is 5.10. The lowest BCUT2D eigenvalue weighted by atomic mass is 10.4. The Hall–Kier alpha value is -0.600. The molecule has 0 aromatic rings. The zero-order valence-corrected chi connectivity index (χ0v) is 6.82. The van der Waals surface area contributed by atoms with Gasteiger partial charge in [-0.1, -0.05) is 24.3 Å². The van der Waals surface area contributed by atoms with Crippen LogP contribution >= 0.6 is 0 Å². The van der Waals surface area contributed by atoms with E-state index in [1.54, 1.807) is 0 Å². The third kappa shape index (κ3) is 4.76. The minimum Gasteiger partial charge on any atom is -0.375 e. The molecule has 0 bridgehead atoms. The molecule has 0 aliphatic carbocycles. The van der Waals surface area contributed by atoms with Crippen LogP contribution in [0.1, 0.15) is 6.92 Å². The highest BCUT2D eigenvalue weighted by atomic mass is 16.6. The summed E-state index contributed by atoms with van der Waals surface area (Å²) in [5, 5.41) is 0. The second-order valence-corrected chi connectivity index (χ2v) is 2.45. The van der Waals surface area contributed by atoms with Gasteiger partial charge in [-0.05, 0) is 6.92 Å². The third-order valence-corrected chi connectivity index (χ3v) is 1.36. The van der Waals surface area contributed by atoms with Crippen molar-refractivity contribution < 1.29 is 9.47 Å². The molecule has 1 atom stereocenters. The highest BCUT2D eigenvalue weighted by Crippen LogP contribution is 2.07. The number of hydrogen-bond donors (Lipinski definition) is 0. The molecular weight excluding hydrogens is 140 g/mol. The molecule has 0 amide bonds. The molecule has 0 spiro atoms. The van der Waals surface area contributed by atoms with Crippen molar-refractivity contribution in [3.8, 4) is 0 Å². The minimum atomic E-state index is 0.380. The maximum absolute atomic E-state index is 5.26. The molecule has 62 valence electrons. The fraction of sp³-hybridized carbons (Fsp3) is 0.556. The van der Waals surface area contributed by atoms with Crippen molar-refractivity contribution in [1.82, 2.24) is 0 Å². The predicted octanol–water partition coefficient (Wildman–Crippen LogP) is 1.53. The van der Waals surface area contributed by atoms with Crippen LogP contribution in [0.15, 0.2) is 24.3 Å². The SMILES string of the molecule is C/C=C/C=C/COCC1CO1. The first-order valence-electron chi connectivity index (χ1n) is 3.90. The van der Waals surface area contributed by atoms with Crippen molar-refractivity contribution in [2.24, 2.45) is 0 Å². The van der Waals surface area contributed by atoms with Gasteiger partial charge >= 0.3 is 0 Å². The summed E-state index contributed by atoms with van der Waals surface area (Å²) < 4.78 is 10.2. The molecule has 0 saturated carbocycles. The molecule has 0 radical (unpaired) electrons. The molecule has 2 heteroatoms. The normalized spacial score (nSPS) is 23.5. The summed E-state index contributed by atoms with van der Waals surface area (Å²) in [6.45, 7) is 4.28. The molecule has 0 aromatic heterocycles. The molecule has 1 rings (SSSR count). The summed E-state index contributed by atoms with van der Waals surface area (Å²) in [5.74, 6) is 0. The van der Waals surface area contributed by atoms with E-state index in [0.29, 0.717) is 12.7 Å². The van der Waals surface area contributed by atoms with Gasteiger partial charge in [0.2, 0.25) is 0 Å². The Bertz CT molecular complexity index is 146. The van der Waals surface area contributed by atoms with Crippen molar-refractivity contribution in [3.63, 3.8) is 0 Å². The Labute approximate surface area is 67.5 Å². The number of allylic oxidation sites excluding steroid dienone is 3. The topological polar surface area (TPSA) is 21.8 Å². The number of hydrogen-bond acceptors (Lipinski definition) is 2. The predicted molar refractivity (Wildman–Crippen MR) is 44.5 cm³/mol. The Balaban J connectivity index is 1.86. The van der Waals surface area contributed by atoms with Gasteiger partial charge in [0.15, 0.2) is 0 Å². The summed E-state index contributed by atoms with van der Waals surface area (Å²) in [7, 11) is 0. The van der Waals surface area contributed by atoms with E-state index in [2.05, 4.69) is 0 Å². The van der Waals surface area contributed by atoms with Gasteiger partial charge in [0.25, 0.3) is 0 Å². The molecule has 11 heavy (non-hydrogen) atoms. The highest BCUT2D eigenvalue weighted by molar-refractivity contribution is 5.00. The molecule has 1 saturated heterocycles. The number of ether oxygens (including phenoxy) is 2. The molecule has 1 heterocycles. The van der Waals surface area contributed by atoms with Gasteiger partial charge < -0.3 is 9.47 Å². The smallest absolute Gasteiger partial charge is 0.104 e. The van der Waals surface area contributed by atoms with Crippen molar-refractivity contribution in [2.75, 3.05) is 19.8 Å². The van der Waals surface area contributed by atoms with E-state index >= 15 is 0 Å². The molecule has 0 aromatic carbocycles. The maximum atomic E-state index is 5.26. The summed E-state index contributed by atoms with van der Waals surface area (Å²) in [4.78, 5) is 0. The molecule has 1 aliphatic heterocycles. The van der Waals surface area contributed by atoms with Crippen molar-refractivity contribution in [1.29, 1.82) is 0 Å². The molecule has 1 fully saturated rings. The summed E-state index contributed by atoms with van der Waals surface area (Å²) in [6.07, 6.45) is 8.32. The number of epoxide rings is 1. The van der Waals surface area contributed by atoms with E-state index in [0.717, 1.165) is 13.2 Å². The fourth-order valence-corrected chi connectivity index (χ4v) is 0.677. The van der Waals surface area contributed by atoms with Crippen LogP contribution in [0.25, 0.3) is 0 Å². The third-order valence-electron chi connectivity index (χ3n) is 1.36. The largest absolute Gasteiger partial charge is 0.375 e. The van der Waals surface area contributed by atoms with Crippen LogP contribution in [-0.2, 0) is 9.47 Å². The van der Waals surface area contributed by atoms with Gasteiger partial charge in [-0.3, -0.25) is 0 Å². The average molecular weight is 154 g/mol. The highest BCUT2D eigenvalue weighted by Gasteiger charge is 2.21. The molecular formula is C9H14O2. The lowest BCUT2D eigenvalue weighted by Gasteiger charge is -1.94. The van der Waals surface area contributed by atoms with E-state index < -0.39 is 0 Å². The molecule has 0 N–H and O–H groups in total. The second-order valence-electron chi connectivity index (χ2n) is 2.45. The van der Waals surface area contributed by atoms with Gasteiger partial charge in [-0.25, -0.2) is 0 Å². The standard InChI is InChI=1S/C9H14O2/c1-2-3-4-5-6-10-7-9-8-11-9/h2-5,9H,6-8H2,1H3/b3-2+,5-4+. The van der Waals surface area contributed by atoms with E-state index in [9.17, 15) is 0 Å². The monoisotopic (exact) mass is 154 g/mol. The van der Waals surface area contributed by atoms with E-state index in [1.807, 2.05) is 31.2 Å². The Kier molecular flexibility index (Phi) is 3.94. The van der Waals surface area contributed by atoms with Crippen LogP contribution in [0.2, 0.25) is 0 Å². The molecule has 1 unspecified atom stereocenters. The lowest BCUT2D eigenvalue weighted by molar-refractivity contribution is 0.141. The van der Waals surface area contributed by atoms with Crippen LogP contribution < -0.4 is 0 Å². The molecule has 1 aliphatic rings. The summed E-state index contributed by atoms with van der Waals surface area (Å²) in [6, 6.07) is 0. The van der Waals surface area contributed by atoms with Gasteiger partial charge in [-0.15, -0.1) is 0 Å². The Morgan fingerprint density at radius 2 is 2.36 bits per heavy atom. The first-order chi connectivity index (χ1) is 5.43. The summed E-state index contributed by atoms with van der Waals surface area (Å²) >= 11 is 0. The Morgan fingerprint density at radius 1 is 1.55 bits per heavy atom.